The van der Waals surface area contributed by atoms with Crippen LogP contribution < -0.4 is 10.2 Å². The van der Waals surface area contributed by atoms with Crippen molar-refractivity contribution in [1.29, 1.82) is 5.26 Å². The van der Waals surface area contributed by atoms with Crippen molar-refractivity contribution in [3.8, 4) is 6.07 Å². The maximum atomic E-state index is 13.0. The molecule has 8 nitrogen and oxygen atoms in total. The third-order valence-corrected chi connectivity index (χ3v) is 7.16. The number of aliphatic hydroxyl groups is 3. The summed E-state index contributed by atoms with van der Waals surface area (Å²) in [7, 11) is 0. The van der Waals surface area contributed by atoms with Crippen molar-refractivity contribution in [3.05, 3.63) is 47.5 Å². The van der Waals surface area contributed by atoms with Crippen molar-refractivity contribution >= 4 is 27.9 Å². The molecule has 2 aromatic carbocycles. The molecule has 0 bridgehead atoms. The summed E-state index contributed by atoms with van der Waals surface area (Å²) in [5.74, 6) is -0.653. The highest BCUT2D eigenvalue weighted by molar-refractivity contribution is 6.05. The summed E-state index contributed by atoms with van der Waals surface area (Å²) in [5.41, 5.74) is 2.40. The van der Waals surface area contributed by atoms with E-state index < -0.39 is 43.0 Å². The molecule has 1 unspecified atom stereocenters. The Labute approximate surface area is 205 Å². The maximum Gasteiger partial charge on any atom is 0.262 e. The fourth-order valence-electron chi connectivity index (χ4n) is 4.99. The molecule has 0 radical (unpaired) electrons. The van der Waals surface area contributed by atoms with Gasteiger partial charge in [0.15, 0.2) is 0 Å². The first-order valence-corrected chi connectivity index (χ1v) is 12.2. The first-order chi connectivity index (χ1) is 16.8. The number of hydrogen-bond donors (Lipinski definition) is 4. The Balaban J connectivity index is 1.55. The Bertz CT molecular complexity index is 1150. The van der Waals surface area contributed by atoms with Gasteiger partial charge in [0, 0.05) is 18.8 Å². The zero-order chi connectivity index (χ0) is 25.1. The smallest absolute Gasteiger partial charge is 0.262 e. The third kappa shape index (κ3) is 5.19. The van der Waals surface area contributed by atoms with Gasteiger partial charge in [-0.2, -0.15) is 5.26 Å². The Morgan fingerprint density at radius 1 is 1.11 bits per heavy atom. The molecule has 5 atom stereocenters. The normalized spacial score (nSPS) is 27.8. The number of carbonyl (C=O) groups excluding carboxylic acids is 1. The molecule has 2 aliphatic rings. The van der Waals surface area contributed by atoms with Gasteiger partial charge >= 0.3 is 0 Å². The molecule has 1 amide bonds. The van der Waals surface area contributed by atoms with Crippen molar-refractivity contribution in [3.63, 3.8) is 0 Å². The van der Waals surface area contributed by atoms with E-state index in [4.69, 9.17) is 4.74 Å². The number of anilines is 1. The minimum atomic E-state index is -1.35. The van der Waals surface area contributed by atoms with Crippen LogP contribution in [-0.2, 0) is 9.53 Å². The number of aliphatic hydroxyl groups excluding tert-OH is 3. The van der Waals surface area contributed by atoms with Crippen LogP contribution in [0.2, 0.25) is 0 Å². The number of nitrogens with one attached hydrogen (secondary N) is 1. The monoisotopic (exact) mass is 479 g/mol. The first-order valence-electron chi connectivity index (χ1n) is 12.2. The summed E-state index contributed by atoms with van der Waals surface area (Å²) >= 11 is 0. The highest BCUT2D eigenvalue weighted by Gasteiger charge is 2.43. The summed E-state index contributed by atoms with van der Waals surface area (Å²) in [5, 5.41) is 44.4. The van der Waals surface area contributed by atoms with Crippen molar-refractivity contribution < 1.29 is 24.9 Å². The Morgan fingerprint density at radius 3 is 2.49 bits per heavy atom. The molecule has 0 aromatic heterocycles. The van der Waals surface area contributed by atoms with E-state index in [2.05, 4.69) is 28.4 Å². The van der Waals surface area contributed by atoms with Crippen LogP contribution in [0, 0.1) is 11.3 Å². The maximum absolute atomic E-state index is 13.0. The van der Waals surface area contributed by atoms with Crippen molar-refractivity contribution in [2.75, 3.05) is 24.6 Å². The summed E-state index contributed by atoms with van der Waals surface area (Å²) in [6.07, 6.45) is -0.586. The number of nitriles is 1. The molecule has 0 aliphatic carbocycles. The summed E-state index contributed by atoms with van der Waals surface area (Å²) < 4.78 is 5.51. The molecular formula is C27H33N3O5. The molecule has 35 heavy (non-hydrogen) atoms. The highest BCUT2D eigenvalue weighted by atomic mass is 16.5. The Hall–Kier alpha value is -2.96. The fraction of sp³-hybridized carbons (Fsp3) is 0.481. The summed E-state index contributed by atoms with van der Waals surface area (Å²) in [4.78, 5) is 15.4. The van der Waals surface area contributed by atoms with Crippen LogP contribution >= 0.6 is 0 Å². The average Bonchev–Trinajstić information content (AvgIpc) is 2.88. The van der Waals surface area contributed by atoms with Gasteiger partial charge in [-0.15, -0.1) is 0 Å². The lowest BCUT2D eigenvalue weighted by Crippen LogP contribution is -2.63. The van der Waals surface area contributed by atoms with Gasteiger partial charge in [0.2, 0.25) is 0 Å². The minimum Gasteiger partial charge on any atom is -0.394 e. The van der Waals surface area contributed by atoms with E-state index in [1.54, 1.807) is 13.8 Å². The van der Waals surface area contributed by atoms with E-state index in [0.717, 1.165) is 29.4 Å². The number of nitrogens with zero attached hydrogens (tertiary/aromatic N) is 2. The van der Waals surface area contributed by atoms with Crippen molar-refractivity contribution in [2.24, 2.45) is 0 Å². The number of hydrogen-bond acceptors (Lipinski definition) is 7. The molecule has 0 saturated carbocycles. The lowest BCUT2D eigenvalue weighted by Gasteiger charge is -2.41. The number of amides is 1. The first kappa shape index (κ1) is 25.1. The van der Waals surface area contributed by atoms with Gasteiger partial charge in [0.25, 0.3) is 5.91 Å². The highest BCUT2D eigenvalue weighted by Crippen LogP contribution is 2.29. The molecule has 2 fully saturated rings. The van der Waals surface area contributed by atoms with Crippen LogP contribution in [0.1, 0.15) is 38.7 Å². The van der Waals surface area contributed by atoms with Crippen LogP contribution in [-0.4, -0.2) is 71.4 Å². The number of rotatable bonds is 5. The summed E-state index contributed by atoms with van der Waals surface area (Å²) in [6.45, 7) is 5.04. The Kier molecular flexibility index (Phi) is 7.72. The minimum absolute atomic E-state index is 0.0764. The fourth-order valence-corrected chi connectivity index (χ4v) is 4.99. The molecule has 186 valence electrons. The van der Waals surface area contributed by atoms with E-state index in [9.17, 15) is 25.4 Å². The lowest BCUT2D eigenvalue weighted by molar-refractivity contribution is -0.190. The zero-order valence-corrected chi connectivity index (χ0v) is 20.1. The van der Waals surface area contributed by atoms with E-state index in [-0.39, 0.29) is 5.57 Å². The molecular weight excluding hydrogens is 446 g/mol. The number of benzene rings is 2. The second-order valence-electron chi connectivity index (χ2n) is 9.45. The van der Waals surface area contributed by atoms with Gasteiger partial charge in [0.1, 0.15) is 30.0 Å². The second kappa shape index (κ2) is 10.8. The van der Waals surface area contributed by atoms with Gasteiger partial charge in [-0.25, -0.2) is 0 Å². The topological polar surface area (TPSA) is 126 Å². The molecule has 8 heteroatoms. The number of piperidine rings is 1. The van der Waals surface area contributed by atoms with E-state index >= 15 is 0 Å². The van der Waals surface area contributed by atoms with Gasteiger partial charge < -0.3 is 30.3 Å². The van der Waals surface area contributed by atoms with Gasteiger partial charge in [-0.3, -0.25) is 4.79 Å². The van der Waals surface area contributed by atoms with Gasteiger partial charge in [0.05, 0.1) is 18.8 Å². The number of fused-ring (bicyclic) bond motifs is 1. The van der Waals surface area contributed by atoms with E-state index in [0.29, 0.717) is 5.57 Å². The lowest BCUT2D eigenvalue weighted by atomic mass is 9.92. The zero-order valence-electron chi connectivity index (χ0n) is 20.1. The molecule has 4 rings (SSSR count). The van der Waals surface area contributed by atoms with Crippen LogP contribution in [0.4, 0.5) is 5.69 Å². The predicted molar refractivity (Wildman–Crippen MR) is 134 cm³/mol. The second-order valence-corrected chi connectivity index (χ2v) is 9.45. The van der Waals surface area contributed by atoms with Crippen molar-refractivity contribution in [1.82, 2.24) is 5.32 Å². The van der Waals surface area contributed by atoms with Gasteiger partial charge in [-0.1, -0.05) is 18.2 Å². The standard InChI is InChI=1S/C27H33N3O5/c1-16(22(14-28)27(34)29-24-17(2)35-23(15-31)25(32)26(24)33)18-6-7-20-13-21(9-8-19(20)12-18)30-10-4-3-5-11-30/h6-9,12-13,17,23-26,31-33H,3-5,10-11,15H2,1-2H3,(H,29,34)/b22-16+/t17?,23-,24+,25-,26-/m1/s1. The van der Waals surface area contributed by atoms with Gasteiger partial charge in [-0.05, 0) is 73.2 Å². The molecule has 2 saturated heterocycles. The van der Waals surface area contributed by atoms with Crippen LogP contribution in [0.5, 0.6) is 0 Å². The average molecular weight is 480 g/mol. The molecule has 0 spiro atoms. The van der Waals surface area contributed by atoms with E-state index in [1.165, 1.54) is 24.9 Å². The van der Waals surface area contributed by atoms with Crippen molar-refractivity contribution in [2.45, 2.75) is 63.6 Å². The Morgan fingerprint density at radius 2 is 1.80 bits per heavy atom. The number of allylic oxidation sites excluding steroid dienone is 1. The van der Waals surface area contributed by atoms with Crippen LogP contribution in [0.25, 0.3) is 16.3 Å². The number of carbonyl (C=O) groups is 1. The molecule has 2 aliphatic heterocycles. The molecule has 4 N–H and O–H groups in total. The number of ether oxygens (including phenoxy) is 1. The third-order valence-electron chi connectivity index (χ3n) is 7.16. The molecule has 2 heterocycles. The largest absolute Gasteiger partial charge is 0.394 e. The predicted octanol–water partition coefficient (Wildman–Crippen LogP) is 2.11. The SMILES string of the molecule is C/C(=C(/C#N)C(=O)N[C@H]1C(C)O[C@H](CO)[C@@H](O)[C@@H]1O)c1ccc2cc(N3CCCCC3)ccc2c1. The summed E-state index contributed by atoms with van der Waals surface area (Å²) in [6, 6.07) is 13.3. The quantitative estimate of drug-likeness (QED) is 0.382. The van der Waals surface area contributed by atoms with Crippen LogP contribution in [0.3, 0.4) is 0 Å². The van der Waals surface area contributed by atoms with Crippen LogP contribution in [0.15, 0.2) is 42.0 Å². The van der Waals surface area contributed by atoms with E-state index in [1.807, 2.05) is 24.3 Å². The molecule has 2 aromatic rings.